The summed E-state index contributed by atoms with van der Waals surface area (Å²) in [5, 5.41) is 7.73. The van der Waals surface area contributed by atoms with Crippen LogP contribution in [0.15, 0.2) is 127 Å². The Kier molecular flexibility index (Phi) is 4.24. The molecule has 0 radical (unpaired) electrons. The van der Waals surface area contributed by atoms with Crippen LogP contribution in [0, 0.1) is 0 Å². The molecule has 9 aromatic rings. The number of aromatic amines is 1. The summed E-state index contributed by atoms with van der Waals surface area (Å²) < 4.78 is 5.09. The maximum Gasteiger partial charge on any atom is 0.0541 e. The van der Waals surface area contributed by atoms with Crippen molar-refractivity contribution in [2.24, 2.45) is 0 Å². The normalized spacial score (nSPS) is 12.1. The van der Waals surface area contributed by atoms with Crippen LogP contribution in [-0.2, 0) is 0 Å². The average molecular weight is 515 g/mol. The Bertz CT molecular complexity index is 2400. The molecule has 1 N–H and O–H groups in total. The van der Waals surface area contributed by atoms with E-state index in [-0.39, 0.29) is 0 Å². The van der Waals surface area contributed by atoms with Crippen LogP contribution in [0.1, 0.15) is 0 Å². The third-order valence-corrected chi connectivity index (χ3v) is 9.28. The van der Waals surface area contributed by atoms with E-state index in [0.717, 1.165) is 0 Å². The number of aromatic nitrogens is 2. The summed E-state index contributed by atoms with van der Waals surface area (Å²) in [7, 11) is 0. The molecular formula is C36H22N2S. The first-order valence-corrected chi connectivity index (χ1v) is 14.1. The summed E-state index contributed by atoms with van der Waals surface area (Å²) in [5.41, 5.74) is 8.48. The molecule has 0 aliphatic heterocycles. The zero-order valence-corrected chi connectivity index (χ0v) is 21.8. The van der Waals surface area contributed by atoms with Crippen molar-refractivity contribution >= 4 is 75.1 Å². The highest BCUT2D eigenvalue weighted by Gasteiger charge is 2.15. The Labute approximate surface area is 228 Å². The third-order valence-electron chi connectivity index (χ3n) is 8.13. The second-order valence-electron chi connectivity index (χ2n) is 10.3. The van der Waals surface area contributed by atoms with Gasteiger partial charge < -0.3 is 9.55 Å². The maximum absolute atomic E-state index is 3.55. The number of hydrogen-bond acceptors (Lipinski definition) is 1. The van der Waals surface area contributed by atoms with E-state index in [1.165, 1.54) is 80.6 Å². The number of para-hydroxylation sites is 2. The van der Waals surface area contributed by atoms with Gasteiger partial charge in [0.1, 0.15) is 0 Å². The predicted octanol–water partition coefficient (Wildman–Crippen LogP) is 10.5. The summed E-state index contributed by atoms with van der Waals surface area (Å²) in [6, 6.07) is 46.6. The summed E-state index contributed by atoms with van der Waals surface area (Å²) in [6.07, 6.45) is 0. The summed E-state index contributed by atoms with van der Waals surface area (Å²) in [4.78, 5) is 3.55. The van der Waals surface area contributed by atoms with Crippen LogP contribution in [0.25, 0.3) is 80.6 Å². The van der Waals surface area contributed by atoms with Gasteiger partial charge in [0, 0.05) is 58.4 Å². The molecule has 6 aromatic carbocycles. The molecule has 39 heavy (non-hydrogen) atoms. The van der Waals surface area contributed by atoms with E-state index < -0.39 is 0 Å². The van der Waals surface area contributed by atoms with Gasteiger partial charge >= 0.3 is 0 Å². The van der Waals surface area contributed by atoms with Crippen molar-refractivity contribution in [3.63, 3.8) is 0 Å². The Hall–Kier alpha value is -4.86. The topological polar surface area (TPSA) is 20.7 Å². The number of benzene rings is 6. The molecule has 0 saturated heterocycles. The molecule has 0 unspecified atom stereocenters. The van der Waals surface area contributed by atoms with Crippen LogP contribution in [0.5, 0.6) is 0 Å². The van der Waals surface area contributed by atoms with Crippen molar-refractivity contribution in [2.75, 3.05) is 0 Å². The van der Waals surface area contributed by atoms with E-state index in [1.807, 2.05) is 11.3 Å². The van der Waals surface area contributed by atoms with Crippen molar-refractivity contribution < 1.29 is 0 Å². The van der Waals surface area contributed by atoms with Crippen molar-refractivity contribution in [1.82, 2.24) is 9.55 Å². The Morgan fingerprint density at radius 3 is 2.03 bits per heavy atom. The lowest BCUT2D eigenvalue weighted by molar-refractivity contribution is 1.19. The number of nitrogens with one attached hydrogen (secondary N) is 1. The van der Waals surface area contributed by atoms with Crippen LogP contribution in [0.2, 0.25) is 0 Å². The van der Waals surface area contributed by atoms with Crippen molar-refractivity contribution in [3.05, 3.63) is 127 Å². The molecule has 2 nitrogen and oxygen atoms in total. The highest BCUT2D eigenvalue weighted by atomic mass is 32.1. The summed E-state index contributed by atoms with van der Waals surface area (Å²) in [5.74, 6) is 0. The van der Waals surface area contributed by atoms with Gasteiger partial charge in [0.05, 0.1) is 11.0 Å². The molecule has 0 aliphatic rings. The first kappa shape index (κ1) is 21.1. The third kappa shape index (κ3) is 3.02. The zero-order valence-electron chi connectivity index (χ0n) is 21.0. The van der Waals surface area contributed by atoms with Crippen molar-refractivity contribution in [3.8, 4) is 16.8 Å². The molecular weight excluding hydrogens is 492 g/mol. The molecule has 3 heteroatoms. The van der Waals surface area contributed by atoms with Gasteiger partial charge in [-0.25, -0.2) is 0 Å². The zero-order chi connectivity index (χ0) is 25.5. The standard InChI is InChI=1S/C36H22N2S/c1-4-10-31-25(7-1)28-19-22(13-16-32(28)37-31)23-14-17-34-29(20-23)26-8-2-5-11-33(26)38(34)24-15-18-36-30(21-24)27-9-3-6-12-35(27)39-36/h1-21,37H. The number of nitrogens with zero attached hydrogens (tertiary/aromatic N) is 1. The number of thiophene rings is 1. The van der Waals surface area contributed by atoms with Crippen LogP contribution in [0.3, 0.4) is 0 Å². The van der Waals surface area contributed by atoms with E-state index in [4.69, 9.17) is 0 Å². The first-order chi connectivity index (χ1) is 19.3. The second kappa shape index (κ2) is 7.83. The smallest absolute Gasteiger partial charge is 0.0541 e. The number of rotatable bonds is 2. The molecule has 0 atom stereocenters. The van der Waals surface area contributed by atoms with Gasteiger partial charge in [0.25, 0.3) is 0 Å². The van der Waals surface area contributed by atoms with E-state index in [0.29, 0.717) is 0 Å². The lowest BCUT2D eigenvalue weighted by atomic mass is 10.0. The molecule has 0 fully saturated rings. The van der Waals surface area contributed by atoms with Crippen molar-refractivity contribution in [2.45, 2.75) is 0 Å². The van der Waals surface area contributed by atoms with Gasteiger partial charge in [0.15, 0.2) is 0 Å². The molecule has 0 saturated carbocycles. The number of H-pyrrole nitrogens is 1. The Morgan fingerprint density at radius 1 is 0.436 bits per heavy atom. The average Bonchev–Trinajstić information content (AvgIpc) is 3.65. The van der Waals surface area contributed by atoms with Crippen LogP contribution in [0.4, 0.5) is 0 Å². The molecule has 0 spiro atoms. The van der Waals surface area contributed by atoms with E-state index in [1.54, 1.807) is 0 Å². The van der Waals surface area contributed by atoms with Gasteiger partial charge in [-0.3, -0.25) is 0 Å². The monoisotopic (exact) mass is 514 g/mol. The van der Waals surface area contributed by atoms with E-state index in [9.17, 15) is 0 Å². The minimum absolute atomic E-state index is 1.17. The molecule has 9 rings (SSSR count). The summed E-state index contributed by atoms with van der Waals surface area (Å²) >= 11 is 1.86. The van der Waals surface area contributed by atoms with Gasteiger partial charge in [0.2, 0.25) is 0 Å². The lowest BCUT2D eigenvalue weighted by Crippen LogP contribution is -1.93. The SMILES string of the molecule is c1ccc2c(c1)[nH]c1ccc(-c3ccc4c(c3)c3ccccc3n4-c3ccc4sc5ccccc5c4c3)cc12. The van der Waals surface area contributed by atoms with Crippen molar-refractivity contribution in [1.29, 1.82) is 0 Å². The molecule has 3 heterocycles. The highest BCUT2D eigenvalue weighted by Crippen LogP contribution is 2.39. The molecule has 0 aliphatic carbocycles. The predicted molar refractivity (Wildman–Crippen MR) is 168 cm³/mol. The molecule has 3 aromatic heterocycles. The second-order valence-corrected chi connectivity index (χ2v) is 11.4. The van der Waals surface area contributed by atoms with Gasteiger partial charge in [-0.15, -0.1) is 11.3 Å². The molecule has 182 valence electrons. The van der Waals surface area contributed by atoms with Crippen LogP contribution < -0.4 is 0 Å². The minimum atomic E-state index is 1.17. The number of hydrogen-bond donors (Lipinski definition) is 1. The van der Waals surface area contributed by atoms with Gasteiger partial charge in [-0.05, 0) is 71.8 Å². The fourth-order valence-corrected chi connectivity index (χ4v) is 7.40. The Balaban J connectivity index is 1.28. The highest BCUT2D eigenvalue weighted by molar-refractivity contribution is 7.25. The fraction of sp³-hybridized carbons (Fsp3) is 0. The largest absolute Gasteiger partial charge is 0.355 e. The molecule has 0 amide bonds. The number of fused-ring (bicyclic) bond motifs is 9. The minimum Gasteiger partial charge on any atom is -0.355 e. The van der Waals surface area contributed by atoms with E-state index in [2.05, 4.69) is 137 Å². The quantitative estimate of drug-likeness (QED) is 0.237. The first-order valence-electron chi connectivity index (χ1n) is 13.3. The fourth-order valence-electron chi connectivity index (χ4n) is 6.31. The summed E-state index contributed by atoms with van der Waals surface area (Å²) in [6.45, 7) is 0. The Morgan fingerprint density at radius 2 is 1.10 bits per heavy atom. The molecule has 0 bridgehead atoms. The van der Waals surface area contributed by atoms with E-state index >= 15 is 0 Å². The van der Waals surface area contributed by atoms with Gasteiger partial charge in [-0.2, -0.15) is 0 Å². The lowest BCUT2D eigenvalue weighted by Gasteiger charge is -2.09. The van der Waals surface area contributed by atoms with Crippen LogP contribution >= 0.6 is 11.3 Å². The van der Waals surface area contributed by atoms with Crippen LogP contribution in [-0.4, -0.2) is 9.55 Å². The maximum atomic E-state index is 3.55. The van der Waals surface area contributed by atoms with Gasteiger partial charge in [-0.1, -0.05) is 66.7 Å².